The molecule has 23 heavy (non-hydrogen) atoms. The number of rotatable bonds is 6. The number of likely N-dealkylation sites (tertiary alicyclic amines) is 1. The van der Waals surface area contributed by atoms with E-state index in [2.05, 4.69) is 12.2 Å². The van der Waals surface area contributed by atoms with Crippen LogP contribution in [-0.4, -0.2) is 43.0 Å². The van der Waals surface area contributed by atoms with Gasteiger partial charge in [-0.05, 0) is 50.4 Å². The lowest BCUT2D eigenvalue weighted by atomic mass is 9.98. The lowest BCUT2D eigenvalue weighted by molar-refractivity contribution is -0.150. The third kappa shape index (κ3) is 5.36. The van der Waals surface area contributed by atoms with Crippen molar-refractivity contribution < 1.29 is 14.3 Å². The molecule has 1 aromatic carbocycles. The maximum atomic E-state index is 12.2. The van der Waals surface area contributed by atoms with E-state index in [-0.39, 0.29) is 17.8 Å². The Hall–Kier alpha value is -1.88. The second kappa shape index (κ2) is 8.67. The first-order chi connectivity index (χ1) is 11.1. The summed E-state index contributed by atoms with van der Waals surface area (Å²) in [4.78, 5) is 26.0. The van der Waals surface area contributed by atoms with Gasteiger partial charge in [0.05, 0.1) is 19.1 Å². The zero-order valence-electron chi connectivity index (χ0n) is 14.0. The summed E-state index contributed by atoms with van der Waals surface area (Å²) in [7, 11) is 0. The Morgan fingerprint density at radius 1 is 1.26 bits per heavy atom. The fraction of sp³-hybridized carbons (Fsp3) is 0.556. The highest BCUT2D eigenvalue weighted by molar-refractivity contribution is 5.92. The molecule has 1 fully saturated rings. The van der Waals surface area contributed by atoms with Crippen molar-refractivity contribution in [1.82, 2.24) is 4.90 Å². The molecular weight excluding hydrogens is 292 g/mol. The predicted molar refractivity (Wildman–Crippen MR) is 90.2 cm³/mol. The Labute approximate surface area is 138 Å². The van der Waals surface area contributed by atoms with Gasteiger partial charge in [0.25, 0.3) is 0 Å². The van der Waals surface area contributed by atoms with E-state index in [9.17, 15) is 9.59 Å². The normalized spacial score (nSPS) is 18.4. The fourth-order valence-electron chi connectivity index (χ4n) is 2.88. The minimum Gasteiger partial charge on any atom is -0.466 e. The van der Waals surface area contributed by atoms with Gasteiger partial charge in [0.15, 0.2) is 0 Å². The Morgan fingerprint density at radius 2 is 2.00 bits per heavy atom. The maximum Gasteiger partial charge on any atom is 0.310 e. The van der Waals surface area contributed by atoms with Crippen LogP contribution >= 0.6 is 0 Å². The Bertz CT molecular complexity index is 528. The molecule has 1 aliphatic rings. The molecule has 2 rings (SSSR count). The number of ether oxygens (including phenoxy) is 1. The molecule has 0 bridgehead atoms. The van der Waals surface area contributed by atoms with Crippen molar-refractivity contribution in [3.63, 3.8) is 0 Å². The molecule has 1 heterocycles. The van der Waals surface area contributed by atoms with Crippen molar-refractivity contribution in [2.75, 3.05) is 31.6 Å². The number of amides is 1. The number of hydrogen-bond acceptors (Lipinski definition) is 4. The molecule has 5 heteroatoms. The van der Waals surface area contributed by atoms with E-state index in [4.69, 9.17) is 4.74 Å². The molecule has 0 saturated carbocycles. The molecule has 0 spiro atoms. The summed E-state index contributed by atoms with van der Waals surface area (Å²) in [5.41, 5.74) is 2.06. The van der Waals surface area contributed by atoms with Gasteiger partial charge in [0.1, 0.15) is 0 Å². The van der Waals surface area contributed by atoms with Gasteiger partial charge in [-0.15, -0.1) is 0 Å². The zero-order chi connectivity index (χ0) is 16.7. The number of carbonyl (C=O) groups excluding carboxylic acids is 2. The Kier molecular flexibility index (Phi) is 6.59. The van der Waals surface area contributed by atoms with E-state index >= 15 is 0 Å². The summed E-state index contributed by atoms with van der Waals surface area (Å²) in [5, 5.41) is 2.91. The third-order valence-corrected chi connectivity index (χ3v) is 4.14. The third-order valence-electron chi connectivity index (χ3n) is 4.14. The fourth-order valence-corrected chi connectivity index (χ4v) is 2.88. The summed E-state index contributed by atoms with van der Waals surface area (Å²) >= 11 is 0. The number of nitrogens with zero attached hydrogens (tertiary/aromatic N) is 1. The van der Waals surface area contributed by atoms with Crippen LogP contribution in [0.4, 0.5) is 5.69 Å². The smallest absolute Gasteiger partial charge is 0.310 e. The Morgan fingerprint density at radius 3 is 2.65 bits per heavy atom. The number of anilines is 1. The number of benzene rings is 1. The molecule has 1 aliphatic heterocycles. The van der Waals surface area contributed by atoms with Crippen molar-refractivity contribution in [3.8, 4) is 0 Å². The van der Waals surface area contributed by atoms with Gasteiger partial charge in [-0.3, -0.25) is 14.5 Å². The van der Waals surface area contributed by atoms with Crippen LogP contribution in [-0.2, 0) is 20.7 Å². The molecule has 126 valence electrons. The van der Waals surface area contributed by atoms with Crippen LogP contribution in [0, 0.1) is 5.92 Å². The lowest BCUT2D eigenvalue weighted by Gasteiger charge is -2.30. The highest BCUT2D eigenvalue weighted by atomic mass is 16.5. The number of aryl methyl sites for hydroxylation is 1. The van der Waals surface area contributed by atoms with Gasteiger partial charge in [0.2, 0.25) is 5.91 Å². The topological polar surface area (TPSA) is 58.6 Å². The van der Waals surface area contributed by atoms with Crippen LogP contribution in [0.1, 0.15) is 32.3 Å². The van der Waals surface area contributed by atoms with E-state index in [0.29, 0.717) is 19.7 Å². The van der Waals surface area contributed by atoms with Crippen LogP contribution in [0.2, 0.25) is 0 Å². The van der Waals surface area contributed by atoms with Crippen molar-refractivity contribution in [2.45, 2.75) is 33.1 Å². The molecule has 0 unspecified atom stereocenters. The molecule has 1 atom stereocenters. The minimum atomic E-state index is -0.146. The molecule has 1 amide bonds. The quantitative estimate of drug-likeness (QED) is 0.819. The molecule has 1 saturated heterocycles. The van der Waals surface area contributed by atoms with Crippen LogP contribution in [0.5, 0.6) is 0 Å². The summed E-state index contributed by atoms with van der Waals surface area (Å²) in [6.45, 7) is 6.08. The first-order valence-corrected chi connectivity index (χ1v) is 8.40. The monoisotopic (exact) mass is 318 g/mol. The van der Waals surface area contributed by atoms with E-state index in [1.807, 2.05) is 36.1 Å². The summed E-state index contributed by atoms with van der Waals surface area (Å²) < 4.78 is 5.09. The number of piperidine rings is 1. The second-order valence-corrected chi connectivity index (χ2v) is 5.92. The molecule has 1 aromatic rings. The molecule has 5 nitrogen and oxygen atoms in total. The number of nitrogens with one attached hydrogen (secondary N) is 1. The average Bonchev–Trinajstić information content (AvgIpc) is 2.56. The van der Waals surface area contributed by atoms with E-state index < -0.39 is 0 Å². The minimum absolute atomic E-state index is 0.0428. The van der Waals surface area contributed by atoms with Crippen molar-refractivity contribution in [1.29, 1.82) is 0 Å². The maximum absolute atomic E-state index is 12.2. The summed E-state index contributed by atoms with van der Waals surface area (Å²) in [6.07, 6.45) is 2.74. The summed E-state index contributed by atoms with van der Waals surface area (Å²) in [5.74, 6) is -0.299. The van der Waals surface area contributed by atoms with Gasteiger partial charge in [-0.25, -0.2) is 0 Å². The number of hydrogen-bond donors (Lipinski definition) is 1. The first-order valence-electron chi connectivity index (χ1n) is 8.40. The lowest BCUT2D eigenvalue weighted by Crippen LogP contribution is -2.43. The van der Waals surface area contributed by atoms with Crippen molar-refractivity contribution in [2.24, 2.45) is 5.92 Å². The van der Waals surface area contributed by atoms with Gasteiger partial charge in [-0.2, -0.15) is 0 Å². The largest absolute Gasteiger partial charge is 0.466 e. The molecule has 0 aliphatic carbocycles. The Balaban J connectivity index is 1.83. The van der Waals surface area contributed by atoms with Gasteiger partial charge < -0.3 is 10.1 Å². The number of carbonyl (C=O) groups is 2. The second-order valence-electron chi connectivity index (χ2n) is 5.92. The van der Waals surface area contributed by atoms with Crippen LogP contribution < -0.4 is 5.32 Å². The van der Waals surface area contributed by atoms with E-state index in [1.165, 1.54) is 5.56 Å². The first kappa shape index (κ1) is 17.5. The summed E-state index contributed by atoms with van der Waals surface area (Å²) in [6, 6.07) is 7.89. The van der Waals surface area contributed by atoms with Crippen molar-refractivity contribution in [3.05, 3.63) is 29.8 Å². The zero-order valence-corrected chi connectivity index (χ0v) is 14.0. The van der Waals surface area contributed by atoms with Crippen LogP contribution in [0.25, 0.3) is 0 Å². The van der Waals surface area contributed by atoms with Gasteiger partial charge >= 0.3 is 5.97 Å². The molecular formula is C18H26N2O3. The molecule has 0 aromatic heterocycles. The van der Waals surface area contributed by atoms with Gasteiger partial charge in [-0.1, -0.05) is 19.1 Å². The van der Waals surface area contributed by atoms with Crippen LogP contribution in [0.15, 0.2) is 24.3 Å². The average molecular weight is 318 g/mol. The van der Waals surface area contributed by atoms with E-state index in [1.54, 1.807) is 0 Å². The number of esters is 1. The standard InChI is InChI=1S/C18H26N2O3/c1-3-14-7-9-16(10-8-14)19-17(21)13-20-11-5-6-15(12-20)18(22)23-4-2/h7-10,15H,3-6,11-13H2,1-2H3,(H,19,21)/t15-/m0/s1. The SMILES string of the molecule is CCOC(=O)[C@H]1CCCN(CC(=O)Nc2ccc(CC)cc2)C1. The van der Waals surface area contributed by atoms with Gasteiger partial charge in [0, 0.05) is 12.2 Å². The molecule has 1 N–H and O–H groups in total. The van der Waals surface area contributed by atoms with E-state index in [0.717, 1.165) is 31.5 Å². The highest BCUT2D eigenvalue weighted by Crippen LogP contribution is 2.18. The van der Waals surface area contributed by atoms with Crippen molar-refractivity contribution >= 4 is 17.6 Å². The highest BCUT2D eigenvalue weighted by Gasteiger charge is 2.27. The van der Waals surface area contributed by atoms with Crippen LogP contribution in [0.3, 0.4) is 0 Å². The predicted octanol–water partition coefficient (Wildman–Crippen LogP) is 2.46. The molecule has 0 radical (unpaired) electrons.